The van der Waals surface area contributed by atoms with Gasteiger partial charge < -0.3 is 4.74 Å². The molecule has 1 aliphatic rings. The van der Waals surface area contributed by atoms with Gasteiger partial charge in [-0.05, 0) is 28.6 Å². The first-order valence-corrected chi connectivity index (χ1v) is 7.37. The molecule has 1 nitrogen and oxygen atoms in total. The first-order chi connectivity index (χ1) is 10.9. The Morgan fingerprint density at radius 2 is 1.50 bits per heavy atom. The van der Waals surface area contributed by atoms with Gasteiger partial charge in [0.1, 0.15) is 18.2 Å². The Morgan fingerprint density at radius 3 is 2.32 bits per heavy atom. The van der Waals surface area contributed by atoms with Crippen molar-refractivity contribution in [1.29, 1.82) is 0 Å². The van der Waals surface area contributed by atoms with Gasteiger partial charge in [-0.2, -0.15) is 0 Å². The van der Waals surface area contributed by atoms with Crippen molar-refractivity contribution in [1.82, 2.24) is 0 Å². The molecule has 1 aliphatic heterocycles. The summed E-state index contributed by atoms with van der Waals surface area (Å²) < 4.78 is 19.0. The van der Waals surface area contributed by atoms with E-state index in [1.807, 2.05) is 48.5 Å². The predicted octanol–water partition coefficient (Wildman–Crippen LogP) is 2.78. The van der Waals surface area contributed by atoms with Crippen LogP contribution in [0.5, 0.6) is 11.5 Å². The summed E-state index contributed by atoms with van der Waals surface area (Å²) in [6.45, 7) is -0.358. The van der Waals surface area contributed by atoms with Crippen LogP contribution in [0.15, 0.2) is 72.8 Å². The number of benzene rings is 3. The number of fused-ring (bicyclic) bond motifs is 2. The number of ether oxygens (including phenoxy) is 1. The van der Waals surface area contributed by atoms with Gasteiger partial charge in [0.15, 0.2) is 0 Å². The second kappa shape index (κ2) is 5.34. The molecule has 0 saturated carbocycles. The molecule has 0 amide bonds. The molecule has 0 aromatic heterocycles. The second-order valence-electron chi connectivity index (χ2n) is 5.49. The van der Waals surface area contributed by atoms with Crippen LogP contribution in [0.25, 0.3) is 0 Å². The van der Waals surface area contributed by atoms with Crippen molar-refractivity contribution in [3.8, 4) is 11.5 Å². The van der Waals surface area contributed by atoms with Crippen LogP contribution in [-0.2, 0) is 6.67 Å². The SMILES string of the molecule is FCc1ccc2c(c1)Oc1ccccc1B2c1ccccc1. The van der Waals surface area contributed by atoms with E-state index in [9.17, 15) is 4.39 Å². The van der Waals surface area contributed by atoms with Crippen molar-refractivity contribution >= 4 is 23.1 Å². The number of halogens is 1. The number of hydrogen-bond acceptors (Lipinski definition) is 1. The Bertz CT molecular complexity index is 817. The molecule has 3 aromatic carbocycles. The smallest absolute Gasteiger partial charge is 0.250 e. The summed E-state index contributed by atoms with van der Waals surface area (Å²) in [4.78, 5) is 0. The Hall–Kier alpha value is -2.55. The van der Waals surface area contributed by atoms with E-state index >= 15 is 0 Å². The van der Waals surface area contributed by atoms with Crippen molar-refractivity contribution in [3.05, 3.63) is 78.4 Å². The fourth-order valence-corrected chi connectivity index (χ4v) is 3.09. The van der Waals surface area contributed by atoms with Crippen LogP contribution in [0.3, 0.4) is 0 Å². The third-order valence-electron chi connectivity index (χ3n) is 4.13. The summed E-state index contributed by atoms with van der Waals surface area (Å²) in [6.07, 6.45) is 0. The van der Waals surface area contributed by atoms with Gasteiger partial charge in [-0.25, -0.2) is 4.39 Å². The Labute approximate surface area is 129 Å². The van der Waals surface area contributed by atoms with Crippen molar-refractivity contribution < 1.29 is 9.13 Å². The molecule has 0 aliphatic carbocycles. The standard InChI is InChI=1S/C19H14BFO/c21-13-14-10-11-17-19(12-14)22-18-9-5-4-8-16(18)20(17)15-6-2-1-3-7-15/h1-12H,13H2. The maximum Gasteiger partial charge on any atom is 0.250 e. The van der Waals surface area contributed by atoms with Gasteiger partial charge in [-0.1, -0.05) is 66.1 Å². The van der Waals surface area contributed by atoms with E-state index in [2.05, 4.69) is 18.2 Å². The van der Waals surface area contributed by atoms with Gasteiger partial charge in [0.2, 0.25) is 0 Å². The Balaban J connectivity index is 1.94. The minimum absolute atomic E-state index is 0.120. The van der Waals surface area contributed by atoms with Crippen LogP contribution < -0.4 is 21.1 Å². The molecule has 106 valence electrons. The molecular weight excluding hydrogens is 274 g/mol. The van der Waals surface area contributed by atoms with E-state index in [-0.39, 0.29) is 6.71 Å². The predicted molar refractivity (Wildman–Crippen MR) is 88.9 cm³/mol. The number of para-hydroxylation sites is 1. The third kappa shape index (κ3) is 2.10. The topological polar surface area (TPSA) is 9.23 Å². The molecule has 4 rings (SSSR count). The van der Waals surface area contributed by atoms with Gasteiger partial charge in [-0.15, -0.1) is 0 Å². The summed E-state index contributed by atoms with van der Waals surface area (Å²) in [5, 5.41) is 0. The molecule has 0 fully saturated rings. The summed E-state index contributed by atoms with van der Waals surface area (Å²) >= 11 is 0. The van der Waals surface area contributed by atoms with Crippen LogP contribution >= 0.6 is 0 Å². The lowest BCUT2D eigenvalue weighted by Crippen LogP contribution is -2.54. The van der Waals surface area contributed by atoms with E-state index in [0.29, 0.717) is 5.56 Å². The van der Waals surface area contributed by atoms with Gasteiger partial charge in [-0.3, -0.25) is 0 Å². The molecule has 0 unspecified atom stereocenters. The fraction of sp³-hybridized carbons (Fsp3) is 0.0526. The molecule has 0 spiro atoms. The van der Waals surface area contributed by atoms with E-state index in [1.165, 1.54) is 5.46 Å². The van der Waals surface area contributed by atoms with Crippen LogP contribution in [0.2, 0.25) is 0 Å². The normalized spacial score (nSPS) is 12.3. The van der Waals surface area contributed by atoms with Crippen molar-refractivity contribution in [2.24, 2.45) is 0 Å². The zero-order valence-corrected chi connectivity index (χ0v) is 12.0. The van der Waals surface area contributed by atoms with Gasteiger partial charge in [0.25, 0.3) is 6.71 Å². The zero-order chi connectivity index (χ0) is 14.9. The highest BCUT2D eigenvalue weighted by Gasteiger charge is 2.31. The molecule has 1 heterocycles. The summed E-state index contributed by atoms with van der Waals surface area (Å²) in [7, 11) is 0. The Kier molecular flexibility index (Phi) is 3.19. The molecule has 0 N–H and O–H groups in total. The minimum atomic E-state index is -0.478. The van der Waals surface area contributed by atoms with Crippen LogP contribution in [-0.4, -0.2) is 6.71 Å². The molecule has 3 aromatic rings. The lowest BCUT2D eigenvalue weighted by atomic mass is 9.36. The fourth-order valence-electron chi connectivity index (χ4n) is 3.09. The summed E-state index contributed by atoms with van der Waals surface area (Å²) in [5.41, 5.74) is 4.09. The third-order valence-corrected chi connectivity index (χ3v) is 4.13. The van der Waals surface area contributed by atoms with Crippen molar-refractivity contribution in [2.75, 3.05) is 0 Å². The first kappa shape index (κ1) is 13.1. The first-order valence-electron chi connectivity index (χ1n) is 7.37. The maximum absolute atomic E-state index is 13.0. The second-order valence-corrected chi connectivity index (χ2v) is 5.49. The highest BCUT2D eigenvalue weighted by Crippen LogP contribution is 2.25. The molecule has 0 bridgehead atoms. The maximum atomic E-state index is 13.0. The monoisotopic (exact) mass is 288 g/mol. The molecule has 0 saturated heterocycles. The van der Waals surface area contributed by atoms with E-state index < -0.39 is 6.67 Å². The van der Waals surface area contributed by atoms with Crippen LogP contribution in [0.4, 0.5) is 4.39 Å². The van der Waals surface area contributed by atoms with E-state index in [0.717, 1.165) is 22.4 Å². The van der Waals surface area contributed by atoms with E-state index in [1.54, 1.807) is 6.07 Å². The molecule has 0 radical (unpaired) electrons. The van der Waals surface area contributed by atoms with Crippen molar-refractivity contribution in [2.45, 2.75) is 6.67 Å². The average molecular weight is 288 g/mol. The molecular formula is C19H14BFO. The minimum Gasteiger partial charge on any atom is -0.458 e. The average Bonchev–Trinajstić information content (AvgIpc) is 2.59. The highest BCUT2D eigenvalue weighted by molar-refractivity contribution is 6.96. The Morgan fingerprint density at radius 1 is 0.773 bits per heavy atom. The van der Waals surface area contributed by atoms with E-state index in [4.69, 9.17) is 4.74 Å². The van der Waals surface area contributed by atoms with Gasteiger partial charge >= 0.3 is 0 Å². The lowest BCUT2D eigenvalue weighted by Gasteiger charge is -2.27. The van der Waals surface area contributed by atoms with Crippen LogP contribution in [0.1, 0.15) is 5.56 Å². The van der Waals surface area contributed by atoms with Crippen LogP contribution in [0, 0.1) is 0 Å². The summed E-state index contributed by atoms with van der Waals surface area (Å²) in [6, 6.07) is 24.0. The largest absolute Gasteiger partial charge is 0.458 e. The van der Waals surface area contributed by atoms with Gasteiger partial charge in [0, 0.05) is 0 Å². The molecule has 0 atom stereocenters. The van der Waals surface area contributed by atoms with Gasteiger partial charge in [0.05, 0.1) is 0 Å². The molecule has 3 heteroatoms. The molecule has 22 heavy (non-hydrogen) atoms. The number of alkyl halides is 1. The highest BCUT2D eigenvalue weighted by atomic mass is 19.1. The quantitative estimate of drug-likeness (QED) is 0.515. The summed E-state index contributed by atoms with van der Waals surface area (Å²) in [5.74, 6) is 1.60. The number of hydrogen-bond donors (Lipinski definition) is 0. The lowest BCUT2D eigenvalue weighted by molar-refractivity contribution is 0.471. The zero-order valence-electron chi connectivity index (χ0n) is 12.0. The number of rotatable bonds is 2. The van der Waals surface area contributed by atoms with Crippen molar-refractivity contribution in [3.63, 3.8) is 0 Å².